The average Bonchev–Trinajstić information content (AvgIpc) is 3.05. The first-order chi connectivity index (χ1) is 23.9. The molecule has 0 unspecified atom stereocenters. The van der Waals surface area contributed by atoms with Gasteiger partial charge in [0.1, 0.15) is 22.8 Å². The normalized spacial score (nSPS) is 14.8. The number of rotatable bonds is 10. The number of nitrogens with one attached hydrogen (secondary N) is 2. The van der Waals surface area contributed by atoms with Crippen molar-refractivity contribution >= 4 is 47.2 Å². The standard InChI is InChI=1S/C39H54N6O6/c1-10-13-33(43-35(26(3)11-2)45(37(48)51-39(7,8)9)30-16-17-32(41)28(22-30)24-40)27-14-12-15-31(23-27)49-25-34(46)42-29-18-20-44(21-19-29)36(47)50-38(4,5)6/h11-17,22-24,29,40H,10,18-21,25,41H2,1-9H3,(H,42,46)/b26-11-,33-13+,40-24?,43-35-. The lowest BCUT2D eigenvalue weighted by atomic mass is 10.1. The summed E-state index contributed by atoms with van der Waals surface area (Å²) < 4.78 is 17.2. The minimum atomic E-state index is -0.792. The maximum absolute atomic E-state index is 13.8. The number of carbonyl (C=O) groups excluding carboxylic acids is 3. The number of benzene rings is 2. The van der Waals surface area contributed by atoms with Gasteiger partial charge in [0, 0.05) is 42.2 Å². The number of amidine groups is 1. The van der Waals surface area contributed by atoms with Crippen LogP contribution in [0.15, 0.2) is 65.2 Å². The molecule has 1 saturated heterocycles. The van der Waals surface area contributed by atoms with Gasteiger partial charge in [-0.2, -0.15) is 0 Å². The second-order valence-corrected chi connectivity index (χ2v) is 14.3. The minimum absolute atomic E-state index is 0.0723. The molecule has 3 amide bonds. The number of anilines is 2. The third kappa shape index (κ3) is 12.3. The van der Waals surface area contributed by atoms with Crippen LogP contribution in [0.4, 0.5) is 21.0 Å². The van der Waals surface area contributed by atoms with Crippen molar-refractivity contribution < 1.29 is 28.6 Å². The molecule has 4 N–H and O–H groups in total. The molecule has 0 atom stereocenters. The Morgan fingerprint density at radius 2 is 1.71 bits per heavy atom. The van der Waals surface area contributed by atoms with Crippen LogP contribution in [0.2, 0.25) is 0 Å². The van der Waals surface area contributed by atoms with Crippen LogP contribution >= 0.6 is 0 Å². The highest BCUT2D eigenvalue weighted by molar-refractivity contribution is 6.23. The van der Waals surface area contributed by atoms with Crippen molar-refractivity contribution in [1.82, 2.24) is 10.2 Å². The second kappa shape index (κ2) is 17.7. The van der Waals surface area contributed by atoms with Crippen molar-refractivity contribution in [2.24, 2.45) is 4.99 Å². The zero-order valence-corrected chi connectivity index (χ0v) is 31.5. The van der Waals surface area contributed by atoms with Crippen molar-refractivity contribution in [2.75, 3.05) is 30.3 Å². The number of piperidine rings is 1. The van der Waals surface area contributed by atoms with Crippen molar-refractivity contribution in [3.8, 4) is 5.75 Å². The number of nitrogens with zero attached hydrogens (tertiary/aromatic N) is 3. The lowest BCUT2D eigenvalue weighted by Gasteiger charge is -2.33. The van der Waals surface area contributed by atoms with Gasteiger partial charge >= 0.3 is 12.2 Å². The Morgan fingerprint density at radius 3 is 2.29 bits per heavy atom. The molecule has 2 aromatic rings. The van der Waals surface area contributed by atoms with Crippen LogP contribution in [0.3, 0.4) is 0 Å². The van der Waals surface area contributed by atoms with Gasteiger partial charge in [-0.05, 0) is 111 Å². The van der Waals surface area contributed by atoms with Crippen molar-refractivity contribution in [3.63, 3.8) is 0 Å². The first kappa shape index (κ1) is 40.3. The molecule has 12 heteroatoms. The number of carbonyl (C=O) groups is 3. The molecule has 0 saturated carbocycles. The summed E-state index contributed by atoms with van der Waals surface area (Å²) >= 11 is 0. The van der Waals surface area contributed by atoms with Gasteiger partial charge in [0.15, 0.2) is 6.61 Å². The zero-order chi connectivity index (χ0) is 37.9. The predicted octanol–water partition coefficient (Wildman–Crippen LogP) is 7.72. The Kier molecular flexibility index (Phi) is 14.0. The molecule has 0 aliphatic carbocycles. The number of nitrogens with two attached hydrogens (primary N) is 1. The van der Waals surface area contributed by atoms with Gasteiger partial charge in [-0.25, -0.2) is 19.5 Å². The van der Waals surface area contributed by atoms with Crippen molar-refractivity contribution in [2.45, 2.75) is 98.8 Å². The third-order valence-corrected chi connectivity index (χ3v) is 7.69. The molecule has 276 valence electrons. The monoisotopic (exact) mass is 702 g/mol. The fourth-order valence-corrected chi connectivity index (χ4v) is 5.12. The molecular formula is C39H54N6O6. The lowest BCUT2D eigenvalue weighted by Crippen LogP contribution is -2.48. The van der Waals surface area contributed by atoms with Crippen LogP contribution in [0.25, 0.3) is 5.70 Å². The van der Waals surface area contributed by atoms with E-state index in [-0.39, 0.29) is 24.6 Å². The predicted molar refractivity (Wildman–Crippen MR) is 203 cm³/mol. The first-order valence-electron chi connectivity index (χ1n) is 17.3. The van der Waals surface area contributed by atoms with E-state index in [1.165, 1.54) is 4.90 Å². The van der Waals surface area contributed by atoms with Gasteiger partial charge in [0.2, 0.25) is 0 Å². The number of ether oxygens (including phenoxy) is 3. The van der Waals surface area contributed by atoms with Gasteiger partial charge < -0.3 is 35.6 Å². The maximum Gasteiger partial charge on any atom is 0.420 e. The number of amides is 3. The summed E-state index contributed by atoms with van der Waals surface area (Å²) in [7, 11) is 0. The van der Waals surface area contributed by atoms with Crippen molar-refractivity contribution in [3.05, 3.63) is 71.3 Å². The smallest absolute Gasteiger partial charge is 0.420 e. The van der Waals surface area contributed by atoms with Crippen LogP contribution in [0.5, 0.6) is 5.75 Å². The molecule has 0 aromatic heterocycles. The second-order valence-electron chi connectivity index (χ2n) is 14.3. The van der Waals surface area contributed by atoms with E-state index >= 15 is 0 Å². The van der Waals surface area contributed by atoms with Gasteiger partial charge in [-0.15, -0.1) is 0 Å². The van der Waals surface area contributed by atoms with Crippen molar-refractivity contribution in [1.29, 1.82) is 5.41 Å². The molecule has 0 bridgehead atoms. The Hall–Kier alpha value is -5.13. The Balaban J connectivity index is 1.84. The number of hydrogen-bond acceptors (Lipinski definition) is 9. The van der Waals surface area contributed by atoms with Crippen LogP contribution < -0.4 is 20.7 Å². The molecule has 1 aliphatic rings. The van der Waals surface area contributed by atoms with E-state index in [0.717, 1.165) is 6.21 Å². The number of allylic oxidation sites excluding steroid dienone is 2. The third-order valence-electron chi connectivity index (χ3n) is 7.69. The highest BCUT2D eigenvalue weighted by Crippen LogP contribution is 2.28. The fraction of sp³-hybridized carbons (Fsp3) is 0.462. The summed E-state index contributed by atoms with van der Waals surface area (Å²) in [6.07, 6.45) is 5.84. The molecule has 0 spiro atoms. The van der Waals surface area contributed by atoms with E-state index in [4.69, 9.17) is 30.3 Å². The molecule has 2 aromatic carbocycles. The van der Waals surface area contributed by atoms with Gasteiger partial charge in [-0.3, -0.25) is 4.79 Å². The summed E-state index contributed by atoms with van der Waals surface area (Å²) in [5.41, 5.74) is 8.02. The molecule has 51 heavy (non-hydrogen) atoms. The minimum Gasteiger partial charge on any atom is -0.484 e. The Morgan fingerprint density at radius 1 is 1.04 bits per heavy atom. The Bertz CT molecular complexity index is 1660. The van der Waals surface area contributed by atoms with E-state index in [1.54, 1.807) is 56.0 Å². The molecule has 1 fully saturated rings. The first-order valence-corrected chi connectivity index (χ1v) is 17.3. The van der Waals surface area contributed by atoms with E-state index < -0.39 is 17.3 Å². The fourth-order valence-electron chi connectivity index (χ4n) is 5.12. The van der Waals surface area contributed by atoms with Crippen LogP contribution in [-0.2, 0) is 14.3 Å². The number of nitrogen functional groups attached to an aromatic ring is 1. The van der Waals surface area contributed by atoms with Gasteiger partial charge in [-0.1, -0.05) is 31.2 Å². The Labute approximate surface area is 302 Å². The van der Waals surface area contributed by atoms with Crippen LogP contribution in [0.1, 0.15) is 92.7 Å². The SMILES string of the molecule is C\C=C(C)/C(=N/C(=C/CC)c1cccc(OCC(=O)NC2CCN(C(=O)OC(C)(C)C)CC2)c1)N(C(=O)OC(C)(C)C)c1ccc(N)c(C=N)c1. The van der Waals surface area contributed by atoms with Gasteiger partial charge in [0.05, 0.1) is 11.4 Å². The molecule has 0 radical (unpaired) electrons. The highest BCUT2D eigenvalue weighted by Gasteiger charge is 2.30. The van der Waals surface area contributed by atoms with Crippen LogP contribution in [0, 0.1) is 5.41 Å². The lowest BCUT2D eigenvalue weighted by molar-refractivity contribution is -0.124. The molecule has 1 heterocycles. The van der Waals surface area contributed by atoms with E-state index in [0.29, 0.717) is 77.7 Å². The van der Waals surface area contributed by atoms with Gasteiger partial charge in [0.25, 0.3) is 5.91 Å². The maximum atomic E-state index is 13.8. The summed E-state index contributed by atoms with van der Waals surface area (Å²) in [5.74, 6) is 0.544. The average molecular weight is 703 g/mol. The van der Waals surface area contributed by atoms with E-state index in [9.17, 15) is 14.4 Å². The number of aliphatic imine (C=N–C) groups is 1. The number of likely N-dealkylation sites (tertiary alicyclic amines) is 1. The molecule has 12 nitrogen and oxygen atoms in total. The van der Waals surface area contributed by atoms with E-state index in [1.807, 2.05) is 65.8 Å². The molecular weight excluding hydrogens is 648 g/mol. The summed E-state index contributed by atoms with van der Waals surface area (Å²) in [4.78, 5) is 47.2. The number of hydrogen-bond donors (Lipinski definition) is 3. The van der Waals surface area contributed by atoms with E-state index in [2.05, 4.69) is 5.32 Å². The largest absolute Gasteiger partial charge is 0.484 e. The topological polar surface area (TPSA) is 160 Å². The summed E-state index contributed by atoms with van der Waals surface area (Å²) in [6, 6.07) is 12.2. The molecule has 3 rings (SSSR count). The quantitative estimate of drug-likeness (QED) is 0.130. The van der Waals surface area contributed by atoms with Crippen LogP contribution in [-0.4, -0.2) is 72.0 Å². The summed E-state index contributed by atoms with van der Waals surface area (Å²) in [6.45, 7) is 17.4. The summed E-state index contributed by atoms with van der Waals surface area (Å²) in [5, 5.41) is 10.8. The highest BCUT2D eigenvalue weighted by atomic mass is 16.6. The zero-order valence-electron chi connectivity index (χ0n) is 31.5. The molecule has 1 aliphatic heterocycles.